The van der Waals surface area contributed by atoms with E-state index in [4.69, 9.17) is 5.73 Å². The molecule has 3 aromatic rings. The van der Waals surface area contributed by atoms with E-state index in [1.807, 2.05) is 47.1 Å². The summed E-state index contributed by atoms with van der Waals surface area (Å²) in [5.74, 6) is 0.759. The molecule has 5 heteroatoms. The van der Waals surface area contributed by atoms with Gasteiger partial charge in [-0.25, -0.2) is 4.68 Å². The molecule has 0 radical (unpaired) electrons. The number of tetrazole rings is 1. The van der Waals surface area contributed by atoms with E-state index in [1.54, 1.807) is 0 Å². The second kappa shape index (κ2) is 5.85. The number of nitrogens with two attached hydrogens (primary N) is 1. The average Bonchev–Trinajstić information content (AvgIpc) is 3.04. The lowest BCUT2D eigenvalue weighted by atomic mass is 10.1. The second-order valence-electron chi connectivity index (χ2n) is 4.93. The van der Waals surface area contributed by atoms with Crippen molar-refractivity contribution >= 4 is 0 Å². The maximum atomic E-state index is 5.63. The van der Waals surface area contributed by atoms with Gasteiger partial charge in [-0.3, -0.25) is 0 Å². The fourth-order valence-electron chi connectivity index (χ4n) is 2.31. The lowest BCUT2D eigenvalue weighted by molar-refractivity contribution is 0.548. The molecule has 0 aliphatic rings. The Balaban J connectivity index is 1.96. The van der Waals surface area contributed by atoms with E-state index in [1.165, 1.54) is 5.56 Å². The van der Waals surface area contributed by atoms with Gasteiger partial charge in [-0.2, -0.15) is 0 Å². The molecule has 5 nitrogen and oxygen atoms in total. The van der Waals surface area contributed by atoms with Crippen molar-refractivity contribution in [3.05, 3.63) is 65.7 Å². The lowest BCUT2D eigenvalue weighted by Crippen LogP contribution is -2.10. The van der Waals surface area contributed by atoms with E-state index < -0.39 is 0 Å². The Hall–Kier alpha value is -2.53. The minimum atomic E-state index is 0.0744. The summed E-state index contributed by atoms with van der Waals surface area (Å²) in [7, 11) is 0. The molecule has 0 amide bonds. The van der Waals surface area contributed by atoms with Crippen molar-refractivity contribution in [1.29, 1.82) is 0 Å². The summed E-state index contributed by atoms with van der Waals surface area (Å²) in [4.78, 5) is 0. The van der Waals surface area contributed by atoms with Gasteiger partial charge in [-0.1, -0.05) is 54.6 Å². The maximum Gasteiger partial charge on any atom is 0.182 e. The lowest BCUT2D eigenvalue weighted by Gasteiger charge is -2.13. The molecule has 3 rings (SSSR count). The standard InChI is InChI=1S/C16H17N5/c1-12(14-5-3-2-4-6-14)21-16(18-19-20-21)15-9-7-13(11-17)8-10-15/h2-10,12H,11,17H2,1H3. The summed E-state index contributed by atoms with van der Waals surface area (Å²) < 4.78 is 1.84. The largest absolute Gasteiger partial charge is 0.326 e. The zero-order valence-corrected chi connectivity index (χ0v) is 11.8. The third-order valence-corrected chi connectivity index (χ3v) is 3.59. The quantitative estimate of drug-likeness (QED) is 0.796. The van der Waals surface area contributed by atoms with Crippen molar-refractivity contribution in [2.75, 3.05) is 0 Å². The molecular weight excluding hydrogens is 262 g/mol. The number of nitrogens with zero attached hydrogens (tertiary/aromatic N) is 4. The van der Waals surface area contributed by atoms with Crippen LogP contribution in [0.2, 0.25) is 0 Å². The van der Waals surface area contributed by atoms with Crippen molar-refractivity contribution in [1.82, 2.24) is 20.2 Å². The Morgan fingerprint density at radius 3 is 2.43 bits per heavy atom. The maximum absolute atomic E-state index is 5.63. The van der Waals surface area contributed by atoms with Gasteiger partial charge in [-0.05, 0) is 28.5 Å². The van der Waals surface area contributed by atoms with Gasteiger partial charge in [0.15, 0.2) is 5.82 Å². The van der Waals surface area contributed by atoms with E-state index in [0.717, 1.165) is 17.0 Å². The monoisotopic (exact) mass is 279 g/mol. The van der Waals surface area contributed by atoms with Gasteiger partial charge in [0.25, 0.3) is 0 Å². The smallest absolute Gasteiger partial charge is 0.182 e. The summed E-state index contributed by atoms with van der Waals surface area (Å²) >= 11 is 0. The zero-order chi connectivity index (χ0) is 14.7. The molecule has 2 N–H and O–H groups in total. The first-order valence-electron chi connectivity index (χ1n) is 6.92. The summed E-state index contributed by atoms with van der Waals surface area (Å²) in [5.41, 5.74) is 8.88. The minimum Gasteiger partial charge on any atom is -0.326 e. The van der Waals surface area contributed by atoms with Gasteiger partial charge in [0.1, 0.15) is 0 Å². The van der Waals surface area contributed by atoms with E-state index in [-0.39, 0.29) is 6.04 Å². The van der Waals surface area contributed by atoms with Crippen LogP contribution in [0.3, 0.4) is 0 Å². The fraction of sp³-hybridized carbons (Fsp3) is 0.188. The third kappa shape index (κ3) is 2.68. The van der Waals surface area contributed by atoms with Gasteiger partial charge in [0.2, 0.25) is 0 Å². The first-order chi connectivity index (χ1) is 10.3. The molecule has 1 unspecified atom stereocenters. The molecule has 1 atom stereocenters. The van der Waals surface area contributed by atoms with E-state index in [0.29, 0.717) is 6.54 Å². The number of rotatable bonds is 4. The summed E-state index contributed by atoms with van der Waals surface area (Å²) in [5, 5.41) is 12.1. The predicted molar refractivity (Wildman–Crippen MR) is 81.4 cm³/mol. The molecule has 0 spiro atoms. The molecule has 21 heavy (non-hydrogen) atoms. The van der Waals surface area contributed by atoms with E-state index in [9.17, 15) is 0 Å². The van der Waals surface area contributed by atoms with Crippen molar-refractivity contribution in [3.8, 4) is 11.4 Å². The Morgan fingerprint density at radius 1 is 1.05 bits per heavy atom. The highest BCUT2D eigenvalue weighted by atomic mass is 15.5. The van der Waals surface area contributed by atoms with Gasteiger partial charge in [-0.15, -0.1) is 5.10 Å². The number of aromatic nitrogens is 4. The molecule has 1 aromatic heterocycles. The van der Waals surface area contributed by atoms with Crippen LogP contribution < -0.4 is 5.73 Å². The van der Waals surface area contributed by atoms with Gasteiger partial charge >= 0.3 is 0 Å². The highest BCUT2D eigenvalue weighted by Gasteiger charge is 2.15. The van der Waals surface area contributed by atoms with Crippen LogP contribution in [0.5, 0.6) is 0 Å². The van der Waals surface area contributed by atoms with Crippen LogP contribution in [0.1, 0.15) is 24.1 Å². The van der Waals surface area contributed by atoms with Crippen LogP contribution in [-0.2, 0) is 6.54 Å². The molecule has 0 aliphatic heterocycles. The first kappa shape index (κ1) is 13.5. The Labute approximate surface area is 123 Å². The average molecular weight is 279 g/mol. The molecule has 0 bridgehead atoms. The van der Waals surface area contributed by atoms with E-state index in [2.05, 4.69) is 34.6 Å². The number of hydrogen-bond donors (Lipinski definition) is 1. The Bertz CT molecular complexity index is 703. The zero-order valence-electron chi connectivity index (χ0n) is 11.8. The molecule has 1 heterocycles. The summed E-state index contributed by atoms with van der Waals surface area (Å²) in [6, 6.07) is 18.3. The number of hydrogen-bond acceptors (Lipinski definition) is 4. The van der Waals surface area contributed by atoms with Gasteiger partial charge < -0.3 is 5.73 Å². The second-order valence-corrected chi connectivity index (χ2v) is 4.93. The third-order valence-electron chi connectivity index (χ3n) is 3.59. The summed E-state index contributed by atoms with van der Waals surface area (Å²) in [6.07, 6.45) is 0. The molecule has 0 fully saturated rings. The molecule has 0 saturated carbocycles. The van der Waals surface area contributed by atoms with Crippen LogP contribution in [-0.4, -0.2) is 20.2 Å². The molecule has 0 saturated heterocycles. The highest BCUT2D eigenvalue weighted by Crippen LogP contribution is 2.23. The summed E-state index contributed by atoms with van der Waals surface area (Å²) in [6.45, 7) is 2.62. The highest BCUT2D eigenvalue weighted by molar-refractivity contribution is 5.55. The normalized spacial score (nSPS) is 12.3. The SMILES string of the molecule is CC(c1ccccc1)n1nnnc1-c1ccc(CN)cc1. The first-order valence-corrected chi connectivity index (χ1v) is 6.92. The van der Waals surface area contributed by atoms with Crippen molar-refractivity contribution in [2.45, 2.75) is 19.5 Å². The molecule has 106 valence electrons. The Kier molecular flexibility index (Phi) is 3.75. The van der Waals surface area contributed by atoms with Crippen LogP contribution in [0, 0.1) is 0 Å². The van der Waals surface area contributed by atoms with Crippen molar-refractivity contribution in [3.63, 3.8) is 0 Å². The van der Waals surface area contributed by atoms with Crippen LogP contribution in [0.4, 0.5) is 0 Å². The van der Waals surface area contributed by atoms with Gasteiger partial charge in [0, 0.05) is 12.1 Å². The van der Waals surface area contributed by atoms with Crippen LogP contribution >= 0.6 is 0 Å². The topological polar surface area (TPSA) is 69.6 Å². The fourth-order valence-corrected chi connectivity index (χ4v) is 2.31. The van der Waals surface area contributed by atoms with Crippen LogP contribution in [0.15, 0.2) is 54.6 Å². The Morgan fingerprint density at radius 2 is 1.76 bits per heavy atom. The number of benzene rings is 2. The van der Waals surface area contributed by atoms with Gasteiger partial charge in [0.05, 0.1) is 6.04 Å². The molecular formula is C16H17N5. The molecule has 2 aromatic carbocycles. The molecule has 0 aliphatic carbocycles. The minimum absolute atomic E-state index is 0.0744. The van der Waals surface area contributed by atoms with E-state index >= 15 is 0 Å². The van der Waals surface area contributed by atoms with Crippen molar-refractivity contribution < 1.29 is 0 Å². The predicted octanol–water partition coefficient (Wildman–Crippen LogP) is 2.41. The van der Waals surface area contributed by atoms with Crippen molar-refractivity contribution in [2.24, 2.45) is 5.73 Å². The van der Waals surface area contributed by atoms with Crippen LogP contribution in [0.25, 0.3) is 11.4 Å².